The molecule has 1 fully saturated rings. The van der Waals surface area contributed by atoms with Gasteiger partial charge in [0.2, 0.25) is 0 Å². The summed E-state index contributed by atoms with van der Waals surface area (Å²) in [7, 11) is 0. The van der Waals surface area contributed by atoms with Gasteiger partial charge < -0.3 is 9.88 Å². The molecule has 3 aromatic rings. The lowest BCUT2D eigenvalue weighted by Gasteiger charge is -2.31. The molecule has 1 saturated heterocycles. The molecule has 7 heteroatoms. The summed E-state index contributed by atoms with van der Waals surface area (Å²) in [4.78, 5) is 22.1. The quantitative estimate of drug-likeness (QED) is 0.800. The zero-order valence-electron chi connectivity index (χ0n) is 13.2. The molecule has 4 rings (SSSR count). The Bertz CT molecular complexity index is 811. The number of hydrogen-bond donors (Lipinski definition) is 1. The molecular weight excluding hydrogens is 304 g/mol. The minimum Gasteiger partial charge on any atom is -0.348 e. The van der Waals surface area contributed by atoms with Gasteiger partial charge in [-0.2, -0.15) is 0 Å². The number of carbonyl (C=O) groups is 1. The summed E-state index contributed by atoms with van der Waals surface area (Å²) >= 11 is 0. The number of imidazole rings is 1. The van der Waals surface area contributed by atoms with Crippen LogP contribution in [0.1, 0.15) is 35.1 Å². The topological polar surface area (TPSA) is 79.7 Å². The van der Waals surface area contributed by atoms with Crippen molar-refractivity contribution in [2.45, 2.75) is 18.8 Å². The molecule has 1 aliphatic heterocycles. The molecular formula is C17H18N6O. The number of nitrogens with one attached hydrogen (secondary N) is 1. The fourth-order valence-corrected chi connectivity index (χ4v) is 3.12. The van der Waals surface area contributed by atoms with E-state index >= 15 is 0 Å². The lowest BCUT2D eigenvalue weighted by atomic mass is 9.97. The van der Waals surface area contributed by atoms with Crippen molar-refractivity contribution in [2.75, 3.05) is 13.1 Å². The van der Waals surface area contributed by atoms with E-state index in [4.69, 9.17) is 0 Å². The number of benzene rings is 1. The molecule has 2 aromatic heterocycles. The largest absolute Gasteiger partial charge is 0.348 e. The van der Waals surface area contributed by atoms with Crippen LogP contribution in [0.25, 0.3) is 5.69 Å². The van der Waals surface area contributed by atoms with Crippen LogP contribution >= 0.6 is 0 Å². The smallest absolute Gasteiger partial charge is 0.276 e. The Morgan fingerprint density at radius 3 is 2.92 bits per heavy atom. The van der Waals surface area contributed by atoms with Gasteiger partial charge in [0.1, 0.15) is 5.82 Å². The number of para-hydroxylation sites is 1. The normalized spacial score (nSPS) is 17.8. The monoisotopic (exact) mass is 322 g/mol. The second-order valence-electron chi connectivity index (χ2n) is 5.95. The molecule has 7 nitrogen and oxygen atoms in total. The summed E-state index contributed by atoms with van der Waals surface area (Å²) in [5.74, 6) is 1.12. The van der Waals surface area contributed by atoms with Crippen LogP contribution in [-0.2, 0) is 0 Å². The Morgan fingerprint density at radius 2 is 2.12 bits per heavy atom. The molecule has 1 aromatic carbocycles. The maximum absolute atomic E-state index is 12.7. The van der Waals surface area contributed by atoms with Gasteiger partial charge in [-0.1, -0.05) is 23.4 Å². The number of aromatic amines is 1. The first-order valence-corrected chi connectivity index (χ1v) is 8.07. The highest BCUT2D eigenvalue weighted by molar-refractivity contribution is 5.92. The molecule has 0 aliphatic carbocycles. The second-order valence-corrected chi connectivity index (χ2v) is 5.95. The number of likely N-dealkylation sites (tertiary alicyclic amines) is 1. The predicted octanol–water partition coefficient (Wildman–Crippen LogP) is 2.01. The molecule has 0 unspecified atom stereocenters. The molecule has 24 heavy (non-hydrogen) atoms. The third-order valence-electron chi connectivity index (χ3n) is 4.35. The molecule has 3 heterocycles. The van der Waals surface area contributed by atoms with Crippen LogP contribution in [0.5, 0.6) is 0 Å². The van der Waals surface area contributed by atoms with Crippen molar-refractivity contribution in [1.29, 1.82) is 0 Å². The average molecular weight is 322 g/mol. The van der Waals surface area contributed by atoms with Crippen molar-refractivity contribution < 1.29 is 4.79 Å². The Labute approximate surface area is 139 Å². The highest BCUT2D eigenvalue weighted by Crippen LogP contribution is 2.25. The van der Waals surface area contributed by atoms with E-state index in [0.29, 0.717) is 12.2 Å². The third-order valence-corrected chi connectivity index (χ3v) is 4.35. The molecule has 1 aliphatic rings. The lowest BCUT2D eigenvalue weighted by molar-refractivity contribution is 0.0698. The van der Waals surface area contributed by atoms with Crippen LogP contribution < -0.4 is 0 Å². The highest BCUT2D eigenvalue weighted by atomic mass is 16.2. The van der Waals surface area contributed by atoms with Gasteiger partial charge in [0.05, 0.1) is 11.9 Å². The second kappa shape index (κ2) is 6.27. The number of piperidine rings is 1. The Morgan fingerprint density at radius 1 is 1.25 bits per heavy atom. The number of amides is 1. The molecule has 1 N–H and O–H groups in total. The standard InChI is InChI=1S/C17H18N6O/c24-17(15-12-23(21-20-15)14-6-2-1-3-7-14)22-10-4-5-13(11-22)16-18-8-9-19-16/h1-3,6-9,12-13H,4-5,10-11H2,(H,18,19)/t13-/m0/s1. The van der Waals surface area contributed by atoms with Gasteiger partial charge in [0.25, 0.3) is 5.91 Å². The first kappa shape index (κ1) is 14.6. The van der Waals surface area contributed by atoms with Crippen molar-refractivity contribution in [3.05, 3.63) is 60.4 Å². The number of H-pyrrole nitrogens is 1. The van der Waals surface area contributed by atoms with Crippen LogP contribution in [0.2, 0.25) is 0 Å². The first-order valence-electron chi connectivity index (χ1n) is 8.07. The van der Waals surface area contributed by atoms with Crippen molar-refractivity contribution in [1.82, 2.24) is 29.9 Å². The van der Waals surface area contributed by atoms with Gasteiger partial charge in [-0.3, -0.25) is 4.79 Å². The molecule has 1 amide bonds. The summed E-state index contributed by atoms with van der Waals surface area (Å²) < 4.78 is 1.63. The SMILES string of the molecule is O=C(c1cn(-c2ccccc2)nn1)N1CCC[C@H](c2ncc[nH]2)C1. The van der Waals surface area contributed by atoms with Crippen LogP contribution in [-0.4, -0.2) is 48.9 Å². The van der Waals surface area contributed by atoms with E-state index in [1.54, 1.807) is 17.1 Å². The van der Waals surface area contributed by atoms with Gasteiger partial charge in [0, 0.05) is 31.4 Å². The number of carbonyl (C=O) groups excluding carboxylic acids is 1. The molecule has 0 bridgehead atoms. The predicted molar refractivity (Wildman–Crippen MR) is 87.8 cm³/mol. The van der Waals surface area contributed by atoms with Gasteiger partial charge in [0.15, 0.2) is 5.69 Å². The lowest BCUT2D eigenvalue weighted by Crippen LogP contribution is -2.39. The average Bonchev–Trinajstić information content (AvgIpc) is 3.34. The molecule has 1 atom stereocenters. The van der Waals surface area contributed by atoms with Gasteiger partial charge >= 0.3 is 0 Å². The Balaban J connectivity index is 1.50. The van der Waals surface area contributed by atoms with Crippen molar-refractivity contribution in [3.8, 4) is 5.69 Å². The van der Waals surface area contributed by atoms with E-state index in [1.807, 2.05) is 41.4 Å². The van der Waals surface area contributed by atoms with E-state index in [2.05, 4.69) is 20.3 Å². The third kappa shape index (κ3) is 2.80. The van der Waals surface area contributed by atoms with E-state index in [-0.39, 0.29) is 11.8 Å². The number of nitrogens with zero attached hydrogens (tertiary/aromatic N) is 5. The summed E-state index contributed by atoms with van der Waals surface area (Å²) in [5, 5.41) is 8.13. The summed E-state index contributed by atoms with van der Waals surface area (Å²) in [6.07, 6.45) is 7.26. The van der Waals surface area contributed by atoms with E-state index in [1.165, 1.54) is 0 Å². The van der Waals surface area contributed by atoms with Crippen LogP contribution in [0.4, 0.5) is 0 Å². The number of rotatable bonds is 3. The summed E-state index contributed by atoms with van der Waals surface area (Å²) in [5.41, 5.74) is 1.26. The van der Waals surface area contributed by atoms with Gasteiger partial charge in [-0.15, -0.1) is 5.10 Å². The van der Waals surface area contributed by atoms with Crippen molar-refractivity contribution in [3.63, 3.8) is 0 Å². The Kier molecular flexibility index (Phi) is 3.82. The summed E-state index contributed by atoms with van der Waals surface area (Å²) in [6, 6.07) is 9.65. The molecule has 0 saturated carbocycles. The zero-order valence-corrected chi connectivity index (χ0v) is 13.2. The summed E-state index contributed by atoms with van der Waals surface area (Å²) in [6.45, 7) is 1.40. The minimum absolute atomic E-state index is 0.0755. The highest BCUT2D eigenvalue weighted by Gasteiger charge is 2.28. The van der Waals surface area contributed by atoms with E-state index in [9.17, 15) is 4.79 Å². The first-order chi connectivity index (χ1) is 11.8. The fraction of sp³-hybridized carbons (Fsp3) is 0.294. The van der Waals surface area contributed by atoms with Gasteiger partial charge in [-0.05, 0) is 25.0 Å². The molecule has 122 valence electrons. The van der Waals surface area contributed by atoms with Crippen molar-refractivity contribution >= 4 is 5.91 Å². The minimum atomic E-state index is -0.0755. The fourth-order valence-electron chi connectivity index (χ4n) is 3.12. The zero-order chi connectivity index (χ0) is 16.4. The van der Waals surface area contributed by atoms with E-state index in [0.717, 1.165) is 30.9 Å². The molecule has 0 spiro atoms. The van der Waals surface area contributed by atoms with Crippen molar-refractivity contribution in [2.24, 2.45) is 0 Å². The number of aromatic nitrogens is 5. The van der Waals surface area contributed by atoms with Crippen LogP contribution in [0.15, 0.2) is 48.9 Å². The maximum atomic E-state index is 12.7. The van der Waals surface area contributed by atoms with Crippen LogP contribution in [0.3, 0.4) is 0 Å². The van der Waals surface area contributed by atoms with E-state index < -0.39 is 0 Å². The number of hydrogen-bond acceptors (Lipinski definition) is 4. The van der Waals surface area contributed by atoms with Crippen LogP contribution in [0, 0.1) is 0 Å². The Hall–Kier alpha value is -2.96. The van der Waals surface area contributed by atoms with Gasteiger partial charge in [-0.25, -0.2) is 9.67 Å². The molecule has 0 radical (unpaired) electrons. The maximum Gasteiger partial charge on any atom is 0.276 e.